The number of imide groups is 2. The summed E-state index contributed by atoms with van der Waals surface area (Å²) >= 11 is 3.17. The van der Waals surface area contributed by atoms with Gasteiger partial charge in [0.15, 0.2) is 0 Å². The zero-order valence-corrected chi connectivity index (χ0v) is 16.5. The van der Waals surface area contributed by atoms with Crippen LogP contribution in [0.5, 0.6) is 0 Å². The zero-order chi connectivity index (χ0) is 20.4. The van der Waals surface area contributed by atoms with Crippen molar-refractivity contribution in [1.29, 1.82) is 0 Å². The van der Waals surface area contributed by atoms with Crippen LogP contribution in [0.1, 0.15) is 30.9 Å². The van der Waals surface area contributed by atoms with Gasteiger partial charge in [0.25, 0.3) is 0 Å². The van der Waals surface area contributed by atoms with E-state index in [0.717, 1.165) is 11.0 Å². The van der Waals surface area contributed by atoms with Crippen LogP contribution in [-0.4, -0.2) is 48.2 Å². The molecule has 0 radical (unpaired) electrons. The topological polar surface area (TPSA) is 102 Å². The van der Waals surface area contributed by atoms with Crippen molar-refractivity contribution >= 4 is 33.8 Å². The number of ether oxygens (including phenoxy) is 1. The van der Waals surface area contributed by atoms with Gasteiger partial charge in [-0.05, 0) is 31.0 Å². The van der Waals surface area contributed by atoms with E-state index in [4.69, 9.17) is 10.5 Å². The van der Waals surface area contributed by atoms with Crippen molar-refractivity contribution in [1.82, 2.24) is 10.2 Å². The molecule has 2 aliphatic heterocycles. The van der Waals surface area contributed by atoms with E-state index in [1.807, 2.05) is 0 Å². The maximum absolute atomic E-state index is 14.8. The second-order valence-electron chi connectivity index (χ2n) is 6.84. The molecule has 2 heterocycles. The molecule has 3 rings (SSSR count). The zero-order valence-electron chi connectivity index (χ0n) is 14.9. The number of nitrogens with one attached hydrogen (secondary N) is 1. The van der Waals surface area contributed by atoms with Gasteiger partial charge in [-0.2, -0.15) is 0 Å². The van der Waals surface area contributed by atoms with E-state index in [0.29, 0.717) is 30.5 Å². The van der Waals surface area contributed by atoms with E-state index in [2.05, 4.69) is 21.2 Å². The van der Waals surface area contributed by atoms with Crippen LogP contribution in [0.4, 0.5) is 13.6 Å². The number of nitrogens with zero attached hydrogens (tertiary/aromatic N) is 1. The standard InChI is InChI=1S/C18H20BrF2N3O4/c19-9-1-2-13(20)11(7-9)15(22)14(21)8-12-16(25)23-18(27)24(17(12)26)10-3-5-28-6-4-10/h1-2,7,10,12,14-15H,3-6,8,22H2,(H,23,25,27)/t12?,14-,15-/m0/s1. The van der Waals surface area contributed by atoms with Crippen LogP contribution in [0.15, 0.2) is 22.7 Å². The molecule has 0 bridgehead atoms. The Bertz CT molecular complexity index is 788. The summed E-state index contributed by atoms with van der Waals surface area (Å²) in [4.78, 5) is 38.1. The Hall–Kier alpha value is -1.91. The van der Waals surface area contributed by atoms with Gasteiger partial charge >= 0.3 is 6.03 Å². The highest BCUT2D eigenvalue weighted by molar-refractivity contribution is 9.10. The normalized spacial score (nSPS) is 23.5. The number of benzene rings is 1. The molecule has 1 aromatic carbocycles. The Morgan fingerprint density at radius 2 is 1.96 bits per heavy atom. The fraction of sp³-hybridized carbons (Fsp3) is 0.500. The molecule has 1 aromatic rings. The molecule has 2 aliphatic rings. The van der Waals surface area contributed by atoms with Crippen LogP contribution >= 0.6 is 15.9 Å². The third-order valence-electron chi connectivity index (χ3n) is 5.02. The van der Waals surface area contributed by atoms with Gasteiger partial charge < -0.3 is 10.5 Å². The van der Waals surface area contributed by atoms with Crippen molar-refractivity contribution in [3.63, 3.8) is 0 Å². The second kappa shape index (κ2) is 8.62. The number of hydrogen-bond donors (Lipinski definition) is 2. The number of amides is 4. The summed E-state index contributed by atoms with van der Waals surface area (Å²) in [6.45, 7) is 0.776. The maximum atomic E-state index is 14.8. The van der Waals surface area contributed by atoms with E-state index in [9.17, 15) is 23.2 Å². The quantitative estimate of drug-likeness (QED) is 0.657. The van der Waals surface area contributed by atoms with Crippen molar-refractivity contribution in [2.24, 2.45) is 11.7 Å². The van der Waals surface area contributed by atoms with E-state index < -0.39 is 54.3 Å². The number of alkyl halides is 1. The number of carbonyl (C=O) groups excluding carboxylic acids is 3. The van der Waals surface area contributed by atoms with Crippen LogP contribution in [0.25, 0.3) is 0 Å². The largest absolute Gasteiger partial charge is 0.381 e. The van der Waals surface area contributed by atoms with Crippen molar-refractivity contribution in [2.75, 3.05) is 13.2 Å². The molecule has 3 N–H and O–H groups in total. The third kappa shape index (κ3) is 4.23. The number of rotatable bonds is 5. The lowest BCUT2D eigenvalue weighted by atomic mass is 9.91. The van der Waals surface area contributed by atoms with Gasteiger partial charge in [-0.1, -0.05) is 15.9 Å². The summed E-state index contributed by atoms with van der Waals surface area (Å²) in [5, 5.41) is 2.11. The summed E-state index contributed by atoms with van der Waals surface area (Å²) in [7, 11) is 0. The summed E-state index contributed by atoms with van der Waals surface area (Å²) in [6.07, 6.45) is -1.53. The van der Waals surface area contributed by atoms with E-state index in [-0.39, 0.29) is 5.56 Å². The van der Waals surface area contributed by atoms with E-state index >= 15 is 0 Å². The molecule has 7 nitrogen and oxygen atoms in total. The molecule has 1 unspecified atom stereocenters. The Kier molecular flexibility index (Phi) is 6.41. The monoisotopic (exact) mass is 459 g/mol. The minimum atomic E-state index is -1.87. The smallest absolute Gasteiger partial charge is 0.331 e. The summed E-state index contributed by atoms with van der Waals surface area (Å²) < 4.78 is 34.6. The molecule has 152 valence electrons. The average molecular weight is 460 g/mol. The van der Waals surface area contributed by atoms with E-state index in [1.54, 1.807) is 0 Å². The molecule has 2 saturated heterocycles. The van der Waals surface area contributed by atoms with Crippen molar-refractivity contribution in [3.8, 4) is 0 Å². The first-order valence-electron chi connectivity index (χ1n) is 8.90. The number of urea groups is 1. The summed E-state index contributed by atoms with van der Waals surface area (Å²) in [5.41, 5.74) is 5.78. The van der Waals surface area contributed by atoms with Gasteiger partial charge in [-0.25, -0.2) is 13.6 Å². The predicted octanol–water partition coefficient (Wildman–Crippen LogP) is 2.19. The fourth-order valence-corrected chi connectivity index (χ4v) is 3.85. The van der Waals surface area contributed by atoms with Crippen LogP contribution in [0.3, 0.4) is 0 Å². The summed E-state index contributed by atoms with van der Waals surface area (Å²) in [6, 6.07) is 1.37. The summed E-state index contributed by atoms with van der Waals surface area (Å²) in [5.74, 6) is -3.72. The van der Waals surface area contributed by atoms with Gasteiger partial charge in [0.1, 0.15) is 17.9 Å². The van der Waals surface area contributed by atoms with Crippen LogP contribution in [-0.2, 0) is 14.3 Å². The molecule has 0 aromatic heterocycles. The molecule has 0 spiro atoms. The second-order valence-corrected chi connectivity index (χ2v) is 7.76. The lowest BCUT2D eigenvalue weighted by molar-refractivity contribution is -0.146. The predicted molar refractivity (Wildman–Crippen MR) is 98.3 cm³/mol. The highest BCUT2D eigenvalue weighted by atomic mass is 79.9. The Balaban J connectivity index is 1.75. The first-order chi connectivity index (χ1) is 13.3. The van der Waals surface area contributed by atoms with Gasteiger partial charge in [0.05, 0.1) is 6.04 Å². The average Bonchev–Trinajstić information content (AvgIpc) is 2.67. The van der Waals surface area contributed by atoms with Gasteiger partial charge in [-0.15, -0.1) is 0 Å². The number of hydrogen-bond acceptors (Lipinski definition) is 5. The SMILES string of the molecule is N[C@@H](c1cc(Br)ccc1F)[C@@H](F)CC1C(=O)NC(=O)N(C2CCOCC2)C1=O. The lowest BCUT2D eigenvalue weighted by Crippen LogP contribution is -2.62. The van der Waals surface area contributed by atoms with Crippen LogP contribution in [0.2, 0.25) is 0 Å². The van der Waals surface area contributed by atoms with Crippen molar-refractivity contribution in [3.05, 3.63) is 34.1 Å². The fourth-order valence-electron chi connectivity index (χ4n) is 3.47. The molecule has 4 amide bonds. The molecular formula is C18H20BrF2N3O4. The van der Waals surface area contributed by atoms with Gasteiger partial charge in [-0.3, -0.25) is 19.8 Å². The highest BCUT2D eigenvalue weighted by Crippen LogP contribution is 2.29. The maximum Gasteiger partial charge on any atom is 0.331 e. The van der Waals surface area contributed by atoms with Crippen LogP contribution < -0.4 is 11.1 Å². The number of carbonyl (C=O) groups is 3. The number of halogens is 3. The number of barbiturate groups is 1. The molecule has 0 saturated carbocycles. The Morgan fingerprint density at radius 1 is 1.29 bits per heavy atom. The minimum Gasteiger partial charge on any atom is -0.381 e. The first-order valence-corrected chi connectivity index (χ1v) is 9.69. The molecule has 0 aliphatic carbocycles. The van der Waals surface area contributed by atoms with Crippen molar-refractivity contribution < 1.29 is 27.9 Å². The van der Waals surface area contributed by atoms with Gasteiger partial charge in [0.2, 0.25) is 11.8 Å². The first kappa shape index (κ1) is 20.8. The number of nitrogens with two attached hydrogens (primary N) is 1. The minimum absolute atomic E-state index is 0.0668. The van der Waals surface area contributed by atoms with Gasteiger partial charge in [0, 0.05) is 35.7 Å². The Labute approximate surface area is 168 Å². The molecule has 28 heavy (non-hydrogen) atoms. The molecule has 10 heteroatoms. The highest BCUT2D eigenvalue weighted by Gasteiger charge is 2.45. The Morgan fingerprint density at radius 3 is 2.64 bits per heavy atom. The molecule has 3 atom stereocenters. The van der Waals surface area contributed by atoms with Crippen LogP contribution in [0, 0.1) is 11.7 Å². The lowest BCUT2D eigenvalue weighted by Gasteiger charge is -2.37. The molecule has 2 fully saturated rings. The molecular weight excluding hydrogens is 440 g/mol. The third-order valence-corrected chi connectivity index (χ3v) is 5.52. The van der Waals surface area contributed by atoms with E-state index in [1.165, 1.54) is 12.1 Å². The van der Waals surface area contributed by atoms with Crippen molar-refractivity contribution in [2.45, 2.75) is 37.5 Å².